The molecule has 0 atom stereocenters. The summed E-state index contributed by atoms with van der Waals surface area (Å²) in [4.78, 5) is 28.3. The van der Waals surface area contributed by atoms with Crippen LogP contribution in [0.4, 0.5) is 16.2 Å². The van der Waals surface area contributed by atoms with E-state index in [0.717, 1.165) is 16.9 Å². The fourth-order valence-electron chi connectivity index (χ4n) is 3.26. The average Bonchev–Trinajstić information content (AvgIpc) is 2.69. The van der Waals surface area contributed by atoms with Crippen molar-refractivity contribution in [2.24, 2.45) is 0 Å². The Bertz CT molecular complexity index is 842. The second-order valence-electron chi connectivity index (χ2n) is 6.76. The van der Waals surface area contributed by atoms with Gasteiger partial charge in [0.2, 0.25) is 0 Å². The van der Waals surface area contributed by atoms with Crippen LogP contribution in [0.25, 0.3) is 0 Å². The molecule has 0 radical (unpaired) electrons. The highest BCUT2D eigenvalue weighted by Gasteiger charge is 2.22. The summed E-state index contributed by atoms with van der Waals surface area (Å²) < 4.78 is 4.78. The molecule has 142 valence electrons. The number of aryl methyl sites for hydroxylation is 2. The van der Waals surface area contributed by atoms with Crippen LogP contribution in [0.5, 0.6) is 0 Å². The quantitative estimate of drug-likeness (QED) is 0.844. The zero-order chi connectivity index (χ0) is 19.4. The van der Waals surface area contributed by atoms with Crippen molar-refractivity contribution in [2.75, 3.05) is 43.5 Å². The number of anilines is 2. The Kier molecular flexibility index (Phi) is 5.64. The van der Waals surface area contributed by atoms with Crippen molar-refractivity contribution in [1.82, 2.24) is 4.90 Å². The van der Waals surface area contributed by atoms with Crippen molar-refractivity contribution in [3.05, 3.63) is 59.2 Å². The van der Waals surface area contributed by atoms with Gasteiger partial charge >= 0.3 is 12.0 Å². The highest BCUT2D eigenvalue weighted by molar-refractivity contribution is 5.91. The minimum absolute atomic E-state index is 0.0788. The number of piperazine rings is 1. The lowest BCUT2D eigenvalue weighted by molar-refractivity contribution is 0.0600. The predicted molar refractivity (Wildman–Crippen MR) is 107 cm³/mol. The molecule has 0 aromatic heterocycles. The standard InChI is InChI=1S/C21H25N3O3/c1-15-7-8-19(16(2)13-15)22-21(26)24-11-9-23(10-12-24)18-6-4-5-17(14-18)20(25)27-3/h4-8,13-14H,9-12H2,1-3H3,(H,22,26). The Hall–Kier alpha value is -3.02. The van der Waals surface area contributed by atoms with E-state index in [-0.39, 0.29) is 12.0 Å². The van der Waals surface area contributed by atoms with Crippen LogP contribution in [0, 0.1) is 13.8 Å². The molecular weight excluding hydrogens is 342 g/mol. The van der Waals surface area contributed by atoms with E-state index in [1.165, 1.54) is 12.7 Å². The normalized spacial score (nSPS) is 14.0. The number of nitrogens with one attached hydrogen (secondary N) is 1. The number of esters is 1. The third-order valence-corrected chi connectivity index (χ3v) is 4.82. The maximum atomic E-state index is 12.6. The van der Waals surface area contributed by atoms with Gasteiger partial charge in [-0.3, -0.25) is 0 Å². The highest BCUT2D eigenvalue weighted by Crippen LogP contribution is 2.20. The summed E-state index contributed by atoms with van der Waals surface area (Å²) in [5, 5.41) is 3.00. The first-order valence-corrected chi connectivity index (χ1v) is 9.04. The number of hydrogen-bond acceptors (Lipinski definition) is 4. The van der Waals surface area contributed by atoms with Crippen LogP contribution >= 0.6 is 0 Å². The molecule has 1 fully saturated rings. The van der Waals surface area contributed by atoms with Crippen molar-refractivity contribution < 1.29 is 14.3 Å². The van der Waals surface area contributed by atoms with Crippen molar-refractivity contribution in [3.63, 3.8) is 0 Å². The lowest BCUT2D eigenvalue weighted by atomic mass is 10.1. The van der Waals surface area contributed by atoms with Gasteiger partial charge in [0.25, 0.3) is 0 Å². The molecule has 6 nitrogen and oxygen atoms in total. The number of rotatable bonds is 3. The Balaban J connectivity index is 1.60. The van der Waals surface area contributed by atoms with E-state index in [1.807, 2.05) is 49.1 Å². The maximum absolute atomic E-state index is 12.6. The molecule has 0 unspecified atom stereocenters. The average molecular weight is 367 g/mol. The largest absolute Gasteiger partial charge is 0.465 e. The molecule has 6 heteroatoms. The third-order valence-electron chi connectivity index (χ3n) is 4.82. The molecule has 2 amide bonds. The first-order valence-electron chi connectivity index (χ1n) is 9.04. The van der Waals surface area contributed by atoms with Crippen molar-refractivity contribution in [2.45, 2.75) is 13.8 Å². The highest BCUT2D eigenvalue weighted by atomic mass is 16.5. The van der Waals surface area contributed by atoms with Gasteiger partial charge in [0.05, 0.1) is 12.7 Å². The van der Waals surface area contributed by atoms with E-state index in [9.17, 15) is 9.59 Å². The molecule has 27 heavy (non-hydrogen) atoms. The molecule has 1 heterocycles. The van der Waals surface area contributed by atoms with Gasteiger partial charge in [0.1, 0.15) is 0 Å². The zero-order valence-corrected chi connectivity index (χ0v) is 16.0. The van der Waals surface area contributed by atoms with Crippen molar-refractivity contribution in [1.29, 1.82) is 0 Å². The summed E-state index contributed by atoms with van der Waals surface area (Å²) in [6.07, 6.45) is 0. The van der Waals surface area contributed by atoms with Crippen molar-refractivity contribution in [3.8, 4) is 0 Å². The number of ether oxygens (including phenoxy) is 1. The Morgan fingerprint density at radius 2 is 1.74 bits per heavy atom. The molecular formula is C21H25N3O3. The van der Waals surface area contributed by atoms with E-state index < -0.39 is 0 Å². The summed E-state index contributed by atoms with van der Waals surface area (Å²) in [5.41, 5.74) is 4.58. The molecule has 1 saturated heterocycles. The van der Waals surface area contributed by atoms with Crippen LogP contribution in [-0.4, -0.2) is 50.2 Å². The molecule has 1 aliphatic heterocycles. The molecule has 3 rings (SSSR count). The molecule has 0 bridgehead atoms. The summed E-state index contributed by atoms with van der Waals surface area (Å²) in [6, 6.07) is 13.3. The fraction of sp³-hybridized carbons (Fsp3) is 0.333. The van der Waals surface area contributed by atoms with E-state index in [4.69, 9.17) is 4.74 Å². The molecule has 1 aliphatic rings. The van der Waals surface area contributed by atoms with Gasteiger partial charge < -0.3 is 19.9 Å². The van der Waals surface area contributed by atoms with Gasteiger partial charge in [0.15, 0.2) is 0 Å². The number of methoxy groups -OCH3 is 1. The summed E-state index contributed by atoms with van der Waals surface area (Å²) in [5.74, 6) is -0.344. The number of hydrogen-bond donors (Lipinski definition) is 1. The minimum Gasteiger partial charge on any atom is -0.465 e. The van der Waals surface area contributed by atoms with Gasteiger partial charge in [-0.2, -0.15) is 0 Å². The molecule has 0 aliphatic carbocycles. The van der Waals surface area contributed by atoms with Crippen LogP contribution < -0.4 is 10.2 Å². The Labute approximate surface area is 159 Å². The second kappa shape index (κ2) is 8.12. The molecule has 0 saturated carbocycles. The summed E-state index contributed by atoms with van der Waals surface area (Å²) >= 11 is 0. The van der Waals surface area contributed by atoms with Crippen LogP contribution in [0.3, 0.4) is 0 Å². The number of benzene rings is 2. The molecule has 1 N–H and O–H groups in total. The number of carbonyl (C=O) groups excluding carboxylic acids is 2. The van der Waals surface area contributed by atoms with Crippen LogP contribution in [0.15, 0.2) is 42.5 Å². The smallest absolute Gasteiger partial charge is 0.337 e. The van der Waals surface area contributed by atoms with Gasteiger partial charge in [0, 0.05) is 37.6 Å². The lowest BCUT2D eigenvalue weighted by Crippen LogP contribution is -2.50. The van der Waals surface area contributed by atoms with Gasteiger partial charge in [-0.15, -0.1) is 0 Å². The zero-order valence-electron chi connectivity index (χ0n) is 16.0. The first kappa shape index (κ1) is 18.8. The lowest BCUT2D eigenvalue weighted by Gasteiger charge is -2.36. The fourth-order valence-corrected chi connectivity index (χ4v) is 3.26. The third kappa shape index (κ3) is 4.39. The first-order chi connectivity index (χ1) is 13.0. The molecule has 0 spiro atoms. The molecule has 2 aromatic rings. The Morgan fingerprint density at radius 1 is 1.00 bits per heavy atom. The number of nitrogens with zero attached hydrogens (tertiary/aromatic N) is 2. The van der Waals surface area contributed by atoms with Crippen LogP contribution in [0.1, 0.15) is 21.5 Å². The predicted octanol–water partition coefficient (Wildman–Crippen LogP) is 3.44. The topological polar surface area (TPSA) is 61.9 Å². The van der Waals surface area contributed by atoms with E-state index in [1.54, 1.807) is 6.07 Å². The van der Waals surface area contributed by atoms with E-state index in [0.29, 0.717) is 31.7 Å². The van der Waals surface area contributed by atoms with Gasteiger partial charge in [-0.1, -0.05) is 23.8 Å². The number of amides is 2. The number of carbonyl (C=O) groups is 2. The van der Waals surface area contributed by atoms with Crippen LogP contribution in [0.2, 0.25) is 0 Å². The maximum Gasteiger partial charge on any atom is 0.337 e. The van der Waals surface area contributed by atoms with E-state index >= 15 is 0 Å². The second-order valence-corrected chi connectivity index (χ2v) is 6.76. The SMILES string of the molecule is COC(=O)c1cccc(N2CCN(C(=O)Nc3ccc(C)cc3C)CC2)c1. The van der Waals surface area contributed by atoms with E-state index in [2.05, 4.69) is 16.3 Å². The van der Waals surface area contributed by atoms with Crippen molar-refractivity contribution >= 4 is 23.4 Å². The van der Waals surface area contributed by atoms with Gasteiger partial charge in [-0.25, -0.2) is 9.59 Å². The summed E-state index contributed by atoms with van der Waals surface area (Å²) in [7, 11) is 1.38. The van der Waals surface area contributed by atoms with Gasteiger partial charge in [-0.05, 0) is 43.7 Å². The number of urea groups is 1. The molecule has 2 aromatic carbocycles. The summed E-state index contributed by atoms with van der Waals surface area (Å²) in [6.45, 7) is 6.70. The van der Waals surface area contributed by atoms with Crippen LogP contribution in [-0.2, 0) is 4.74 Å². The monoisotopic (exact) mass is 367 g/mol. The Morgan fingerprint density at radius 3 is 2.41 bits per heavy atom. The minimum atomic E-state index is -0.344.